The highest BCUT2D eigenvalue weighted by atomic mass is 35.5. The molecule has 0 aliphatic heterocycles. The van der Waals surface area contributed by atoms with Gasteiger partial charge in [0.25, 0.3) is 0 Å². The lowest BCUT2D eigenvalue weighted by atomic mass is 10.2. The first kappa shape index (κ1) is 16.0. The standard InChI is InChI=1S/C17H15ClN4O2/c1-2-24-15-9-11(7-8-14(15)23)10-19-22-17-16(18)20-12-5-3-4-6-13(12)21-17/h3-10,23H,2H2,1H3,(H,21,22)/b19-10+. The van der Waals surface area contributed by atoms with Crippen molar-refractivity contribution in [2.75, 3.05) is 12.0 Å². The predicted octanol–water partition coefficient (Wildman–Crippen LogP) is 3.83. The number of nitrogens with one attached hydrogen (secondary N) is 1. The van der Waals surface area contributed by atoms with Gasteiger partial charge >= 0.3 is 0 Å². The summed E-state index contributed by atoms with van der Waals surface area (Å²) in [7, 11) is 0. The number of para-hydroxylation sites is 2. The van der Waals surface area contributed by atoms with E-state index >= 15 is 0 Å². The Kier molecular flexibility index (Phi) is 4.77. The number of ether oxygens (including phenoxy) is 1. The molecule has 1 aromatic heterocycles. The van der Waals surface area contributed by atoms with Crippen molar-refractivity contribution in [1.82, 2.24) is 9.97 Å². The Labute approximate surface area is 143 Å². The van der Waals surface area contributed by atoms with Crippen LogP contribution in [0.4, 0.5) is 5.82 Å². The minimum Gasteiger partial charge on any atom is -0.504 e. The van der Waals surface area contributed by atoms with E-state index in [0.717, 1.165) is 16.6 Å². The number of hydrogen-bond acceptors (Lipinski definition) is 6. The number of hydrogen-bond donors (Lipinski definition) is 2. The summed E-state index contributed by atoms with van der Waals surface area (Å²) in [5.74, 6) is 0.866. The quantitative estimate of drug-likeness (QED) is 0.544. The van der Waals surface area contributed by atoms with Crippen LogP contribution in [0, 0.1) is 0 Å². The Morgan fingerprint density at radius 3 is 2.71 bits per heavy atom. The maximum absolute atomic E-state index is 9.69. The SMILES string of the molecule is CCOc1cc(/C=N/Nc2nc3ccccc3nc2Cl)ccc1O. The lowest BCUT2D eigenvalue weighted by Crippen LogP contribution is -1.98. The van der Waals surface area contributed by atoms with Gasteiger partial charge in [0.05, 0.1) is 23.9 Å². The number of aromatic hydroxyl groups is 1. The third kappa shape index (κ3) is 3.55. The van der Waals surface area contributed by atoms with Gasteiger partial charge in [-0.1, -0.05) is 23.7 Å². The first-order valence-electron chi connectivity index (χ1n) is 7.34. The molecule has 0 spiro atoms. The molecular formula is C17H15ClN4O2. The summed E-state index contributed by atoms with van der Waals surface area (Å²) in [5.41, 5.74) is 4.98. The molecule has 0 unspecified atom stereocenters. The third-order valence-electron chi connectivity index (χ3n) is 3.20. The number of phenolic OH excluding ortho intramolecular Hbond substituents is 1. The van der Waals surface area contributed by atoms with E-state index in [2.05, 4.69) is 20.5 Å². The molecule has 1 heterocycles. The van der Waals surface area contributed by atoms with Crippen molar-refractivity contribution in [2.45, 2.75) is 6.92 Å². The topological polar surface area (TPSA) is 79.6 Å². The van der Waals surface area contributed by atoms with Crippen LogP contribution in [-0.4, -0.2) is 27.9 Å². The van der Waals surface area contributed by atoms with E-state index in [-0.39, 0.29) is 10.9 Å². The number of aromatic nitrogens is 2. The molecule has 3 aromatic rings. The number of phenols is 1. The van der Waals surface area contributed by atoms with Crippen LogP contribution in [-0.2, 0) is 0 Å². The highest BCUT2D eigenvalue weighted by Crippen LogP contribution is 2.26. The van der Waals surface area contributed by atoms with Gasteiger partial charge < -0.3 is 9.84 Å². The molecule has 0 fully saturated rings. The predicted molar refractivity (Wildman–Crippen MR) is 95.0 cm³/mol. The second-order valence-corrected chi connectivity index (χ2v) is 5.24. The van der Waals surface area contributed by atoms with Crippen LogP contribution in [0.25, 0.3) is 11.0 Å². The maximum Gasteiger partial charge on any atom is 0.185 e. The molecule has 7 heteroatoms. The van der Waals surface area contributed by atoms with Gasteiger partial charge in [-0.2, -0.15) is 5.10 Å². The fraction of sp³-hybridized carbons (Fsp3) is 0.118. The second-order valence-electron chi connectivity index (χ2n) is 4.88. The van der Waals surface area contributed by atoms with Gasteiger partial charge in [0.15, 0.2) is 22.5 Å². The van der Waals surface area contributed by atoms with Crippen LogP contribution in [0.2, 0.25) is 5.15 Å². The fourth-order valence-corrected chi connectivity index (χ4v) is 2.28. The van der Waals surface area contributed by atoms with E-state index in [1.165, 1.54) is 0 Å². The van der Waals surface area contributed by atoms with Crippen molar-refractivity contribution in [3.05, 3.63) is 53.2 Å². The maximum atomic E-state index is 9.69. The molecule has 0 aliphatic carbocycles. The Morgan fingerprint density at radius 1 is 1.21 bits per heavy atom. The lowest BCUT2D eigenvalue weighted by molar-refractivity contribution is 0.318. The number of halogens is 1. The van der Waals surface area contributed by atoms with Gasteiger partial charge in [-0.05, 0) is 42.8 Å². The molecule has 0 saturated heterocycles. The zero-order valence-electron chi connectivity index (χ0n) is 12.9. The molecule has 3 rings (SSSR count). The summed E-state index contributed by atoms with van der Waals surface area (Å²) >= 11 is 6.11. The Morgan fingerprint density at radius 2 is 1.96 bits per heavy atom. The van der Waals surface area contributed by atoms with Crippen LogP contribution in [0.15, 0.2) is 47.6 Å². The second kappa shape index (κ2) is 7.14. The molecule has 24 heavy (non-hydrogen) atoms. The van der Waals surface area contributed by atoms with Crippen molar-refractivity contribution in [2.24, 2.45) is 5.10 Å². The number of hydrazone groups is 1. The molecule has 0 saturated carbocycles. The molecule has 0 radical (unpaired) electrons. The normalized spacial score (nSPS) is 11.1. The van der Waals surface area contributed by atoms with Crippen molar-refractivity contribution in [3.8, 4) is 11.5 Å². The van der Waals surface area contributed by atoms with Crippen LogP contribution < -0.4 is 10.2 Å². The van der Waals surface area contributed by atoms with Gasteiger partial charge in [0.2, 0.25) is 0 Å². The zero-order chi connectivity index (χ0) is 16.9. The molecule has 0 amide bonds. The van der Waals surface area contributed by atoms with Crippen LogP contribution in [0.1, 0.15) is 12.5 Å². The highest BCUT2D eigenvalue weighted by Gasteiger charge is 2.06. The number of nitrogens with zero attached hydrogens (tertiary/aromatic N) is 3. The molecule has 2 N–H and O–H groups in total. The number of rotatable bonds is 5. The zero-order valence-corrected chi connectivity index (χ0v) is 13.7. The fourth-order valence-electron chi connectivity index (χ4n) is 2.10. The van der Waals surface area contributed by atoms with Crippen molar-refractivity contribution in [1.29, 1.82) is 0 Å². The van der Waals surface area contributed by atoms with Gasteiger partial charge in [0.1, 0.15) is 0 Å². The average molecular weight is 343 g/mol. The molecule has 0 atom stereocenters. The van der Waals surface area contributed by atoms with Crippen molar-refractivity contribution in [3.63, 3.8) is 0 Å². The smallest absolute Gasteiger partial charge is 0.185 e. The van der Waals surface area contributed by atoms with E-state index in [1.54, 1.807) is 24.4 Å². The van der Waals surface area contributed by atoms with E-state index in [9.17, 15) is 5.11 Å². The number of benzene rings is 2. The first-order valence-corrected chi connectivity index (χ1v) is 7.72. The monoisotopic (exact) mass is 342 g/mol. The molecular weight excluding hydrogens is 328 g/mol. The average Bonchev–Trinajstić information content (AvgIpc) is 2.58. The summed E-state index contributed by atoms with van der Waals surface area (Å²) in [6.45, 7) is 2.32. The summed E-state index contributed by atoms with van der Waals surface area (Å²) in [5, 5.41) is 14.0. The van der Waals surface area contributed by atoms with Gasteiger partial charge in [-0.25, -0.2) is 9.97 Å². The Hall–Kier alpha value is -2.86. The minimum atomic E-state index is 0.0883. The van der Waals surface area contributed by atoms with Crippen LogP contribution in [0.5, 0.6) is 11.5 Å². The third-order valence-corrected chi connectivity index (χ3v) is 3.46. The van der Waals surface area contributed by atoms with Gasteiger partial charge in [-0.15, -0.1) is 0 Å². The largest absolute Gasteiger partial charge is 0.504 e. The summed E-state index contributed by atoms with van der Waals surface area (Å²) in [6.07, 6.45) is 1.58. The lowest BCUT2D eigenvalue weighted by Gasteiger charge is -2.06. The van der Waals surface area contributed by atoms with Crippen LogP contribution >= 0.6 is 11.6 Å². The minimum absolute atomic E-state index is 0.0883. The van der Waals surface area contributed by atoms with Crippen molar-refractivity contribution >= 4 is 34.7 Å². The molecule has 2 aromatic carbocycles. The molecule has 0 aliphatic rings. The van der Waals surface area contributed by atoms with E-state index in [1.807, 2.05) is 31.2 Å². The van der Waals surface area contributed by atoms with E-state index < -0.39 is 0 Å². The molecule has 6 nitrogen and oxygen atoms in total. The van der Waals surface area contributed by atoms with Gasteiger partial charge in [-0.3, -0.25) is 5.43 Å². The van der Waals surface area contributed by atoms with Gasteiger partial charge in [0, 0.05) is 0 Å². The summed E-state index contributed by atoms with van der Waals surface area (Å²) in [4.78, 5) is 8.65. The highest BCUT2D eigenvalue weighted by molar-refractivity contribution is 6.32. The Bertz CT molecular complexity index is 899. The van der Waals surface area contributed by atoms with Crippen LogP contribution in [0.3, 0.4) is 0 Å². The van der Waals surface area contributed by atoms with E-state index in [0.29, 0.717) is 18.2 Å². The van der Waals surface area contributed by atoms with E-state index in [4.69, 9.17) is 16.3 Å². The summed E-state index contributed by atoms with van der Waals surface area (Å²) in [6, 6.07) is 12.4. The molecule has 0 bridgehead atoms. The Balaban J connectivity index is 1.79. The number of anilines is 1. The van der Waals surface area contributed by atoms with Crippen molar-refractivity contribution < 1.29 is 9.84 Å². The first-order chi connectivity index (χ1) is 11.7. The summed E-state index contributed by atoms with van der Waals surface area (Å²) < 4.78 is 5.33. The molecule has 122 valence electrons. The number of fused-ring (bicyclic) bond motifs is 1.